The lowest BCUT2D eigenvalue weighted by Crippen LogP contribution is -2.48. The number of nitrogens with zero attached hydrogens (tertiary/aromatic N) is 4. The van der Waals surface area contributed by atoms with Crippen molar-refractivity contribution in [2.75, 3.05) is 20.1 Å². The quantitative estimate of drug-likeness (QED) is 0.849. The number of para-hydroxylation sites is 1. The number of carbonyl (C=O) groups excluding carboxylic acids is 1. The van der Waals surface area contributed by atoms with E-state index in [0.717, 1.165) is 31.4 Å². The van der Waals surface area contributed by atoms with Gasteiger partial charge in [0.1, 0.15) is 6.54 Å². The third kappa shape index (κ3) is 2.95. The zero-order valence-corrected chi connectivity index (χ0v) is 14.6. The van der Waals surface area contributed by atoms with E-state index in [4.69, 9.17) is 0 Å². The highest BCUT2D eigenvalue weighted by molar-refractivity contribution is 5.81. The first-order valence-electron chi connectivity index (χ1n) is 9.10. The summed E-state index contributed by atoms with van der Waals surface area (Å²) in [6.07, 6.45) is 5.84. The Morgan fingerprint density at radius 2 is 1.92 bits per heavy atom. The summed E-state index contributed by atoms with van der Waals surface area (Å²) in [7, 11) is 2.16. The van der Waals surface area contributed by atoms with Crippen molar-refractivity contribution in [3.05, 3.63) is 40.7 Å². The summed E-state index contributed by atoms with van der Waals surface area (Å²) in [5.41, 5.74) is 0.614. The molecule has 2 atom stereocenters. The van der Waals surface area contributed by atoms with Crippen LogP contribution in [0.3, 0.4) is 0 Å². The van der Waals surface area contributed by atoms with Gasteiger partial charge in [-0.2, -0.15) is 5.10 Å². The molecule has 0 saturated carbocycles. The average molecular weight is 340 g/mol. The average Bonchev–Trinajstić information content (AvgIpc) is 3.26. The lowest BCUT2D eigenvalue weighted by molar-refractivity contribution is -0.133. The molecule has 1 aromatic heterocycles. The van der Waals surface area contributed by atoms with Crippen LogP contribution in [0, 0.1) is 0 Å². The smallest absolute Gasteiger partial charge is 0.244 e. The molecule has 2 saturated heterocycles. The van der Waals surface area contributed by atoms with Crippen LogP contribution in [0.2, 0.25) is 0 Å². The van der Waals surface area contributed by atoms with Crippen molar-refractivity contribution in [3.8, 4) is 0 Å². The Kier molecular flexibility index (Phi) is 4.29. The molecule has 0 N–H and O–H groups in total. The second-order valence-electron chi connectivity index (χ2n) is 7.17. The molecular weight excluding hydrogens is 316 g/mol. The largest absolute Gasteiger partial charge is 0.337 e. The third-order valence-corrected chi connectivity index (χ3v) is 5.69. The zero-order chi connectivity index (χ0) is 17.4. The fraction of sp³-hybridized carbons (Fsp3) is 0.526. The highest BCUT2D eigenvalue weighted by Gasteiger charge is 2.38. The molecule has 2 unspecified atom stereocenters. The van der Waals surface area contributed by atoms with Crippen molar-refractivity contribution in [1.29, 1.82) is 0 Å². The Hall–Kier alpha value is -2.21. The molecule has 2 fully saturated rings. The van der Waals surface area contributed by atoms with E-state index in [1.807, 2.05) is 23.1 Å². The number of hydrogen-bond donors (Lipinski definition) is 0. The van der Waals surface area contributed by atoms with Crippen molar-refractivity contribution in [1.82, 2.24) is 19.6 Å². The van der Waals surface area contributed by atoms with Gasteiger partial charge < -0.3 is 9.80 Å². The molecule has 0 bridgehead atoms. The van der Waals surface area contributed by atoms with Gasteiger partial charge in [-0.3, -0.25) is 14.3 Å². The van der Waals surface area contributed by atoms with Crippen molar-refractivity contribution >= 4 is 16.8 Å². The number of hydrogen-bond acceptors (Lipinski definition) is 4. The topological polar surface area (TPSA) is 58.4 Å². The highest BCUT2D eigenvalue weighted by atomic mass is 16.2. The molecule has 1 amide bonds. The van der Waals surface area contributed by atoms with E-state index in [9.17, 15) is 9.59 Å². The Morgan fingerprint density at radius 1 is 1.16 bits per heavy atom. The van der Waals surface area contributed by atoms with Crippen LogP contribution in [0.15, 0.2) is 35.3 Å². The van der Waals surface area contributed by atoms with Crippen LogP contribution in [-0.2, 0) is 11.3 Å². The molecular formula is C19H24N4O2. The van der Waals surface area contributed by atoms with Crippen molar-refractivity contribution < 1.29 is 4.79 Å². The van der Waals surface area contributed by atoms with Crippen LogP contribution in [0.25, 0.3) is 10.9 Å². The lowest BCUT2D eigenvalue weighted by atomic mass is 10.0. The van der Waals surface area contributed by atoms with Crippen LogP contribution in [0.4, 0.5) is 0 Å². The monoisotopic (exact) mass is 340 g/mol. The third-order valence-electron chi connectivity index (χ3n) is 5.69. The minimum Gasteiger partial charge on any atom is -0.337 e. The van der Waals surface area contributed by atoms with Gasteiger partial charge in [-0.15, -0.1) is 0 Å². The first-order chi connectivity index (χ1) is 12.1. The van der Waals surface area contributed by atoms with Gasteiger partial charge in [0, 0.05) is 24.0 Å². The molecule has 2 aliphatic rings. The summed E-state index contributed by atoms with van der Waals surface area (Å²) in [4.78, 5) is 29.4. The maximum Gasteiger partial charge on any atom is 0.244 e. The fourth-order valence-corrected chi connectivity index (χ4v) is 4.43. The van der Waals surface area contributed by atoms with E-state index in [1.165, 1.54) is 19.0 Å². The van der Waals surface area contributed by atoms with Gasteiger partial charge >= 0.3 is 0 Å². The molecule has 0 spiro atoms. The second kappa shape index (κ2) is 6.59. The number of aromatic nitrogens is 2. The van der Waals surface area contributed by atoms with Gasteiger partial charge in [0.05, 0.1) is 11.7 Å². The standard InChI is InChI=1S/C19H24N4O2/c1-21-10-4-8-16(21)17-9-5-11-22(17)19(25)13-23-15-7-3-2-6-14(15)18(24)12-20-23/h2-3,6-7,12,16-17H,4-5,8-11,13H2,1H3. The molecule has 0 radical (unpaired) electrons. The fourth-order valence-electron chi connectivity index (χ4n) is 4.43. The van der Waals surface area contributed by atoms with E-state index in [2.05, 4.69) is 17.0 Å². The molecule has 25 heavy (non-hydrogen) atoms. The molecule has 2 aliphatic heterocycles. The van der Waals surface area contributed by atoms with Crippen molar-refractivity contribution in [2.24, 2.45) is 0 Å². The minimum absolute atomic E-state index is 0.101. The van der Waals surface area contributed by atoms with Gasteiger partial charge in [0.2, 0.25) is 11.3 Å². The molecule has 6 heteroatoms. The first kappa shape index (κ1) is 16.3. The summed E-state index contributed by atoms with van der Waals surface area (Å²) in [5.74, 6) is 0.101. The van der Waals surface area contributed by atoms with Gasteiger partial charge in [-0.05, 0) is 51.4 Å². The molecule has 132 valence electrons. The highest BCUT2D eigenvalue weighted by Crippen LogP contribution is 2.29. The second-order valence-corrected chi connectivity index (χ2v) is 7.17. The molecule has 0 aliphatic carbocycles. The van der Waals surface area contributed by atoms with Crippen LogP contribution in [-0.4, -0.2) is 57.7 Å². The number of carbonyl (C=O) groups is 1. The first-order valence-corrected chi connectivity index (χ1v) is 9.10. The molecule has 2 aromatic rings. The van der Waals surface area contributed by atoms with Gasteiger partial charge in [-0.25, -0.2) is 0 Å². The van der Waals surface area contributed by atoms with E-state index < -0.39 is 0 Å². The Bertz CT molecular complexity index is 847. The van der Waals surface area contributed by atoms with Crippen molar-refractivity contribution in [2.45, 2.75) is 44.3 Å². The summed E-state index contributed by atoms with van der Waals surface area (Å²) in [6, 6.07) is 8.13. The van der Waals surface area contributed by atoms with Crippen LogP contribution in [0.1, 0.15) is 25.7 Å². The Labute approximate surface area is 147 Å². The Morgan fingerprint density at radius 3 is 2.72 bits per heavy atom. The van der Waals surface area contributed by atoms with Crippen LogP contribution < -0.4 is 5.43 Å². The molecule has 4 rings (SSSR count). The van der Waals surface area contributed by atoms with E-state index in [-0.39, 0.29) is 17.9 Å². The number of fused-ring (bicyclic) bond motifs is 1. The van der Waals surface area contributed by atoms with Crippen LogP contribution >= 0.6 is 0 Å². The Balaban J connectivity index is 1.58. The van der Waals surface area contributed by atoms with Gasteiger partial charge in [-0.1, -0.05) is 12.1 Å². The number of rotatable bonds is 3. The molecule has 6 nitrogen and oxygen atoms in total. The number of benzene rings is 1. The van der Waals surface area contributed by atoms with E-state index >= 15 is 0 Å². The van der Waals surface area contributed by atoms with E-state index in [1.54, 1.807) is 10.7 Å². The van der Waals surface area contributed by atoms with E-state index in [0.29, 0.717) is 17.5 Å². The minimum atomic E-state index is -0.106. The number of likely N-dealkylation sites (tertiary alicyclic amines) is 2. The predicted octanol–water partition coefficient (Wildman–Crippen LogP) is 1.48. The SMILES string of the molecule is CN1CCCC1C1CCCN1C(=O)Cn1ncc(=O)c2ccccc21. The molecule has 3 heterocycles. The summed E-state index contributed by atoms with van der Waals surface area (Å²) >= 11 is 0. The normalized spacial score (nSPS) is 24.3. The zero-order valence-electron chi connectivity index (χ0n) is 14.6. The van der Waals surface area contributed by atoms with Gasteiger partial charge in [0.15, 0.2) is 0 Å². The summed E-state index contributed by atoms with van der Waals surface area (Å²) < 4.78 is 1.66. The lowest BCUT2D eigenvalue weighted by Gasteiger charge is -2.33. The maximum atomic E-state index is 13.0. The maximum absolute atomic E-state index is 13.0. The van der Waals surface area contributed by atoms with Crippen molar-refractivity contribution in [3.63, 3.8) is 0 Å². The number of amides is 1. The summed E-state index contributed by atoms with van der Waals surface area (Å²) in [5, 5.41) is 4.81. The number of likely N-dealkylation sites (N-methyl/N-ethyl adjacent to an activating group) is 1. The predicted molar refractivity (Wildman–Crippen MR) is 96.4 cm³/mol. The summed E-state index contributed by atoms with van der Waals surface area (Å²) in [6.45, 7) is 2.13. The van der Waals surface area contributed by atoms with Crippen LogP contribution in [0.5, 0.6) is 0 Å². The van der Waals surface area contributed by atoms with Gasteiger partial charge in [0.25, 0.3) is 0 Å². The molecule has 1 aromatic carbocycles.